The first-order valence-electron chi connectivity index (χ1n) is 6.45. The molecule has 0 spiro atoms. The number of hydrogen-bond donors (Lipinski definition) is 2. The van der Waals surface area contributed by atoms with Crippen molar-refractivity contribution < 1.29 is 9.53 Å². The predicted octanol–water partition coefficient (Wildman–Crippen LogP) is 2.70. The summed E-state index contributed by atoms with van der Waals surface area (Å²) in [4.78, 5) is 11.9. The summed E-state index contributed by atoms with van der Waals surface area (Å²) in [7, 11) is 1.60. The van der Waals surface area contributed by atoms with Gasteiger partial charge in [-0.25, -0.2) is 0 Å². The number of rotatable bonds is 6. The molecule has 0 saturated heterocycles. The largest absolute Gasteiger partial charge is 0.495 e. The average molecular weight is 327 g/mol. The number of halogens is 1. The lowest BCUT2D eigenvalue weighted by Crippen LogP contribution is -2.29. The van der Waals surface area contributed by atoms with Crippen LogP contribution in [0.5, 0.6) is 5.75 Å². The van der Waals surface area contributed by atoms with Gasteiger partial charge < -0.3 is 15.4 Å². The zero-order chi connectivity index (χ0) is 13.8. The molecule has 0 heterocycles. The third-order valence-electron chi connectivity index (χ3n) is 3.16. The molecule has 1 aliphatic carbocycles. The summed E-state index contributed by atoms with van der Waals surface area (Å²) < 4.78 is 6.23. The van der Waals surface area contributed by atoms with Crippen LogP contribution in [-0.4, -0.2) is 26.1 Å². The van der Waals surface area contributed by atoms with Crippen LogP contribution in [0.3, 0.4) is 0 Å². The van der Waals surface area contributed by atoms with E-state index >= 15 is 0 Å². The molecule has 0 atom stereocenters. The molecule has 19 heavy (non-hydrogen) atoms. The lowest BCUT2D eigenvalue weighted by atomic mass is 10.2. The number of aryl methyl sites for hydroxylation is 1. The van der Waals surface area contributed by atoms with Gasteiger partial charge in [0.15, 0.2) is 0 Å². The van der Waals surface area contributed by atoms with E-state index in [0.29, 0.717) is 12.3 Å². The Balaban J connectivity index is 1.94. The maximum atomic E-state index is 11.9. The van der Waals surface area contributed by atoms with Crippen molar-refractivity contribution in [1.29, 1.82) is 0 Å². The van der Waals surface area contributed by atoms with Crippen LogP contribution in [0.2, 0.25) is 0 Å². The molecule has 1 aromatic carbocycles. The van der Waals surface area contributed by atoms with Crippen LogP contribution in [0.25, 0.3) is 0 Å². The summed E-state index contributed by atoms with van der Waals surface area (Å²) in [5, 5.41) is 6.08. The van der Waals surface area contributed by atoms with Crippen LogP contribution in [0.1, 0.15) is 18.4 Å². The number of ether oxygens (including phenoxy) is 1. The van der Waals surface area contributed by atoms with Gasteiger partial charge in [0.2, 0.25) is 5.91 Å². The van der Waals surface area contributed by atoms with E-state index in [0.717, 1.165) is 28.2 Å². The second-order valence-electron chi connectivity index (χ2n) is 4.92. The van der Waals surface area contributed by atoms with Crippen molar-refractivity contribution >= 4 is 27.5 Å². The number of carbonyl (C=O) groups is 1. The molecule has 0 aliphatic heterocycles. The minimum atomic E-state index is -0.0376. The highest BCUT2D eigenvalue weighted by atomic mass is 79.9. The van der Waals surface area contributed by atoms with E-state index in [4.69, 9.17) is 4.74 Å². The Morgan fingerprint density at radius 2 is 2.21 bits per heavy atom. The van der Waals surface area contributed by atoms with Crippen molar-refractivity contribution in [3.05, 3.63) is 22.2 Å². The fraction of sp³-hybridized carbons (Fsp3) is 0.500. The lowest BCUT2D eigenvalue weighted by Gasteiger charge is -2.14. The number of amides is 1. The molecule has 0 aromatic heterocycles. The maximum absolute atomic E-state index is 11.9. The Bertz CT molecular complexity index is 473. The van der Waals surface area contributed by atoms with E-state index in [1.807, 2.05) is 19.1 Å². The Morgan fingerprint density at radius 1 is 1.47 bits per heavy atom. The molecule has 5 heteroatoms. The molecule has 2 rings (SSSR count). The number of nitrogens with one attached hydrogen (secondary N) is 2. The van der Waals surface area contributed by atoms with Crippen molar-refractivity contribution in [2.45, 2.75) is 19.8 Å². The predicted molar refractivity (Wildman–Crippen MR) is 79.7 cm³/mol. The van der Waals surface area contributed by atoms with E-state index in [-0.39, 0.29) is 5.91 Å². The first-order chi connectivity index (χ1) is 9.10. The maximum Gasteiger partial charge on any atom is 0.238 e. The van der Waals surface area contributed by atoms with Gasteiger partial charge in [-0.1, -0.05) is 15.9 Å². The second-order valence-corrected chi connectivity index (χ2v) is 5.84. The third-order valence-corrected chi connectivity index (χ3v) is 3.62. The van der Waals surface area contributed by atoms with Gasteiger partial charge in [-0.05, 0) is 49.9 Å². The lowest BCUT2D eigenvalue weighted by molar-refractivity contribution is -0.115. The van der Waals surface area contributed by atoms with E-state index < -0.39 is 0 Å². The van der Waals surface area contributed by atoms with Gasteiger partial charge in [-0.3, -0.25) is 4.79 Å². The van der Waals surface area contributed by atoms with Crippen molar-refractivity contribution in [2.75, 3.05) is 25.5 Å². The second kappa shape index (κ2) is 6.39. The van der Waals surface area contributed by atoms with Crippen LogP contribution in [-0.2, 0) is 4.79 Å². The Hall–Kier alpha value is -1.07. The first kappa shape index (κ1) is 14.3. The van der Waals surface area contributed by atoms with Gasteiger partial charge in [0, 0.05) is 4.47 Å². The zero-order valence-corrected chi connectivity index (χ0v) is 12.8. The monoisotopic (exact) mass is 326 g/mol. The van der Waals surface area contributed by atoms with Crippen LogP contribution in [0.4, 0.5) is 5.69 Å². The number of benzene rings is 1. The van der Waals surface area contributed by atoms with Gasteiger partial charge >= 0.3 is 0 Å². The summed E-state index contributed by atoms with van der Waals surface area (Å²) in [6, 6.07) is 3.80. The third kappa shape index (κ3) is 4.21. The smallest absolute Gasteiger partial charge is 0.238 e. The first-order valence-corrected chi connectivity index (χ1v) is 7.24. The van der Waals surface area contributed by atoms with Gasteiger partial charge in [0.25, 0.3) is 0 Å². The quantitative estimate of drug-likeness (QED) is 0.845. The normalized spacial score (nSPS) is 14.3. The fourth-order valence-corrected chi connectivity index (χ4v) is 2.48. The number of anilines is 1. The minimum Gasteiger partial charge on any atom is -0.495 e. The average Bonchev–Trinajstić information content (AvgIpc) is 3.16. The van der Waals surface area contributed by atoms with Crippen molar-refractivity contribution in [3.8, 4) is 5.75 Å². The summed E-state index contributed by atoms with van der Waals surface area (Å²) in [5.74, 6) is 1.41. The standard InChI is InChI=1S/C14H19BrN2O2/c1-9-5-11(15)6-12(19-2)14(9)17-13(18)8-16-7-10-3-4-10/h5-6,10,16H,3-4,7-8H2,1-2H3,(H,17,18). The number of methoxy groups -OCH3 is 1. The Kier molecular flexibility index (Phi) is 4.82. The molecule has 4 nitrogen and oxygen atoms in total. The molecule has 1 aromatic rings. The summed E-state index contributed by atoms with van der Waals surface area (Å²) in [5.41, 5.74) is 1.71. The van der Waals surface area contributed by atoms with Gasteiger partial charge in [0.05, 0.1) is 19.3 Å². The summed E-state index contributed by atoms with van der Waals surface area (Å²) in [6.07, 6.45) is 2.57. The molecule has 104 valence electrons. The van der Waals surface area contributed by atoms with Crippen molar-refractivity contribution in [2.24, 2.45) is 5.92 Å². The van der Waals surface area contributed by atoms with Gasteiger partial charge in [-0.15, -0.1) is 0 Å². The van der Waals surface area contributed by atoms with Crippen molar-refractivity contribution in [1.82, 2.24) is 5.32 Å². The zero-order valence-electron chi connectivity index (χ0n) is 11.3. The molecule has 0 radical (unpaired) electrons. The molecule has 1 fully saturated rings. The topological polar surface area (TPSA) is 50.4 Å². The van der Waals surface area contributed by atoms with Crippen LogP contribution >= 0.6 is 15.9 Å². The van der Waals surface area contributed by atoms with Gasteiger partial charge in [-0.2, -0.15) is 0 Å². The van der Waals surface area contributed by atoms with Crippen LogP contribution in [0.15, 0.2) is 16.6 Å². The SMILES string of the molecule is COc1cc(Br)cc(C)c1NC(=O)CNCC1CC1. The van der Waals surface area contributed by atoms with E-state index in [1.165, 1.54) is 12.8 Å². The van der Waals surface area contributed by atoms with E-state index in [1.54, 1.807) is 7.11 Å². The Labute approximate surface area is 122 Å². The van der Waals surface area contributed by atoms with E-state index in [2.05, 4.69) is 26.6 Å². The van der Waals surface area contributed by atoms with Crippen molar-refractivity contribution in [3.63, 3.8) is 0 Å². The summed E-state index contributed by atoms with van der Waals surface area (Å²) >= 11 is 3.41. The van der Waals surface area contributed by atoms with E-state index in [9.17, 15) is 4.79 Å². The fourth-order valence-electron chi connectivity index (χ4n) is 1.93. The molecule has 1 amide bonds. The number of carbonyl (C=O) groups excluding carboxylic acids is 1. The Morgan fingerprint density at radius 3 is 2.84 bits per heavy atom. The highest BCUT2D eigenvalue weighted by Gasteiger charge is 2.20. The molecule has 1 saturated carbocycles. The van der Waals surface area contributed by atoms with Gasteiger partial charge in [0.1, 0.15) is 5.75 Å². The van der Waals surface area contributed by atoms with Crippen LogP contribution < -0.4 is 15.4 Å². The molecule has 2 N–H and O–H groups in total. The minimum absolute atomic E-state index is 0.0376. The van der Waals surface area contributed by atoms with Crippen LogP contribution in [0, 0.1) is 12.8 Å². The molecule has 1 aliphatic rings. The molecule has 0 unspecified atom stereocenters. The molecular formula is C14H19BrN2O2. The summed E-state index contributed by atoms with van der Waals surface area (Å²) in [6.45, 7) is 3.22. The highest BCUT2D eigenvalue weighted by Crippen LogP contribution is 2.32. The molecular weight excluding hydrogens is 308 g/mol. The molecule has 0 bridgehead atoms. The highest BCUT2D eigenvalue weighted by molar-refractivity contribution is 9.10. The number of hydrogen-bond acceptors (Lipinski definition) is 3.